The highest BCUT2D eigenvalue weighted by Gasteiger charge is 2.18. The van der Waals surface area contributed by atoms with Crippen molar-refractivity contribution in [2.24, 2.45) is 0 Å². The lowest BCUT2D eigenvalue weighted by Gasteiger charge is -2.23. The Hall–Kier alpha value is -0.940. The van der Waals surface area contributed by atoms with E-state index < -0.39 is 5.60 Å². The number of anilines is 1. The van der Waals surface area contributed by atoms with Gasteiger partial charge in [0.2, 0.25) is 5.88 Å². The lowest BCUT2D eigenvalue weighted by atomic mass is 10.1. The first-order chi connectivity index (χ1) is 7.57. The second-order valence-corrected chi connectivity index (χ2v) is 4.74. The van der Waals surface area contributed by atoms with E-state index in [2.05, 4.69) is 10.3 Å². The predicted octanol–water partition coefficient (Wildman–Crippen LogP) is 1.62. The van der Waals surface area contributed by atoms with Gasteiger partial charge in [-0.2, -0.15) is 11.8 Å². The number of pyridine rings is 1. The molecule has 0 bridgehead atoms. The molecule has 2 N–H and O–H groups in total. The maximum Gasteiger partial charge on any atom is 0.214 e. The zero-order chi connectivity index (χ0) is 12.0. The highest BCUT2D eigenvalue weighted by Crippen LogP contribution is 2.16. The van der Waals surface area contributed by atoms with Crippen LogP contribution >= 0.6 is 11.8 Å². The molecule has 1 atom stereocenters. The monoisotopic (exact) mass is 242 g/mol. The van der Waals surface area contributed by atoms with Gasteiger partial charge in [-0.25, -0.2) is 4.98 Å². The van der Waals surface area contributed by atoms with Crippen molar-refractivity contribution < 1.29 is 9.84 Å². The van der Waals surface area contributed by atoms with Crippen LogP contribution in [0.25, 0.3) is 0 Å². The first-order valence-corrected chi connectivity index (χ1v) is 6.42. The number of rotatable bonds is 6. The second-order valence-electron chi connectivity index (χ2n) is 3.87. The van der Waals surface area contributed by atoms with Gasteiger partial charge in [-0.3, -0.25) is 0 Å². The number of methoxy groups -OCH3 is 1. The highest BCUT2D eigenvalue weighted by atomic mass is 32.2. The summed E-state index contributed by atoms with van der Waals surface area (Å²) in [6.45, 7) is 2.32. The fraction of sp³-hybridized carbons (Fsp3) is 0.545. The molecule has 0 amide bonds. The SMILES string of the molecule is COc1cc(NCC(C)(O)CSC)ccn1. The molecular weight excluding hydrogens is 224 g/mol. The summed E-state index contributed by atoms with van der Waals surface area (Å²) in [6.07, 6.45) is 3.65. The Morgan fingerprint density at radius 2 is 2.38 bits per heavy atom. The molecule has 1 aromatic rings. The van der Waals surface area contributed by atoms with Crippen LogP contribution in [0, 0.1) is 0 Å². The normalized spacial score (nSPS) is 14.2. The Morgan fingerprint density at radius 1 is 1.62 bits per heavy atom. The molecule has 0 spiro atoms. The summed E-state index contributed by atoms with van der Waals surface area (Å²) in [5.41, 5.74) is 0.184. The maximum atomic E-state index is 9.97. The molecule has 0 aliphatic rings. The number of aliphatic hydroxyl groups is 1. The van der Waals surface area contributed by atoms with Crippen LogP contribution in [-0.4, -0.2) is 41.4 Å². The lowest BCUT2D eigenvalue weighted by Crippen LogP contribution is -2.36. The molecule has 4 nitrogen and oxygen atoms in total. The third kappa shape index (κ3) is 4.28. The fourth-order valence-corrected chi connectivity index (χ4v) is 2.01. The van der Waals surface area contributed by atoms with Crippen LogP contribution in [0.2, 0.25) is 0 Å². The van der Waals surface area contributed by atoms with E-state index in [-0.39, 0.29) is 0 Å². The number of ether oxygens (including phenoxy) is 1. The van der Waals surface area contributed by atoms with Crippen LogP contribution in [0.4, 0.5) is 5.69 Å². The van der Waals surface area contributed by atoms with Crippen LogP contribution in [-0.2, 0) is 0 Å². The van der Waals surface area contributed by atoms with Crippen molar-refractivity contribution in [3.8, 4) is 5.88 Å². The average Bonchev–Trinajstić information content (AvgIpc) is 2.27. The third-order valence-corrected chi connectivity index (χ3v) is 2.98. The first-order valence-electron chi connectivity index (χ1n) is 5.02. The summed E-state index contributed by atoms with van der Waals surface area (Å²) < 4.78 is 5.02. The van der Waals surface area contributed by atoms with Gasteiger partial charge in [-0.1, -0.05) is 0 Å². The van der Waals surface area contributed by atoms with E-state index in [0.717, 1.165) is 5.69 Å². The van der Waals surface area contributed by atoms with Crippen molar-refractivity contribution >= 4 is 17.4 Å². The standard InChI is InChI=1S/C11H18N2O2S/c1-11(14,8-16-3)7-13-9-4-5-12-10(6-9)15-2/h4-6,14H,7-8H2,1-3H3,(H,12,13). The number of nitrogens with zero attached hydrogens (tertiary/aromatic N) is 1. The molecule has 0 saturated heterocycles. The maximum absolute atomic E-state index is 9.97. The van der Waals surface area contributed by atoms with Gasteiger partial charge in [-0.15, -0.1) is 0 Å². The zero-order valence-electron chi connectivity index (χ0n) is 9.86. The van der Waals surface area contributed by atoms with Gasteiger partial charge in [0, 0.05) is 30.2 Å². The molecule has 0 aliphatic heterocycles. The fourth-order valence-electron chi connectivity index (χ4n) is 1.29. The zero-order valence-corrected chi connectivity index (χ0v) is 10.7. The van der Waals surface area contributed by atoms with Crippen molar-refractivity contribution in [2.45, 2.75) is 12.5 Å². The number of hydrogen-bond donors (Lipinski definition) is 2. The van der Waals surface area contributed by atoms with Gasteiger partial charge < -0.3 is 15.2 Å². The number of nitrogens with one attached hydrogen (secondary N) is 1. The van der Waals surface area contributed by atoms with Crippen LogP contribution in [0.3, 0.4) is 0 Å². The smallest absolute Gasteiger partial charge is 0.214 e. The highest BCUT2D eigenvalue weighted by molar-refractivity contribution is 7.98. The van der Waals surface area contributed by atoms with Gasteiger partial charge in [-0.05, 0) is 19.2 Å². The molecule has 0 radical (unpaired) electrons. The van der Waals surface area contributed by atoms with E-state index >= 15 is 0 Å². The van der Waals surface area contributed by atoms with Crippen LogP contribution in [0.1, 0.15) is 6.92 Å². The van der Waals surface area contributed by atoms with Crippen LogP contribution in [0.15, 0.2) is 18.3 Å². The van der Waals surface area contributed by atoms with Crippen molar-refractivity contribution in [2.75, 3.05) is 31.0 Å². The molecule has 0 aliphatic carbocycles. The third-order valence-electron chi connectivity index (χ3n) is 2.07. The largest absolute Gasteiger partial charge is 0.481 e. The van der Waals surface area contributed by atoms with E-state index in [1.165, 1.54) is 0 Å². The van der Waals surface area contributed by atoms with Crippen LogP contribution in [0.5, 0.6) is 5.88 Å². The van der Waals surface area contributed by atoms with E-state index in [9.17, 15) is 5.11 Å². The van der Waals surface area contributed by atoms with Crippen molar-refractivity contribution in [3.63, 3.8) is 0 Å². The van der Waals surface area contributed by atoms with E-state index in [1.54, 1.807) is 31.1 Å². The summed E-state index contributed by atoms with van der Waals surface area (Å²) in [7, 11) is 1.58. The Kier molecular flexibility index (Phi) is 4.89. The Balaban J connectivity index is 2.53. The van der Waals surface area contributed by atoms with Crippen molar-refractivity contribution in [1.82, 2.24) is 4.98 Å². The molecule has 1 rings (SSSR count). The van der Waals surface area contributed by atoms with Crippen LogP contribution < -0.4 is 10.1 Å². The summed E-state index contributed by atoms with van der Waals surface area (Å²) in [5, 5.41) is 13.1. The Labute approximate surface area is 100 Å². The van der Waals surface area contributed by atoms with Gasteiger partial charge >= 0.3 is 0 Å². The average molecular weight is 242 g/mol. The molecule has 90 valence electrons. The lowest BCUT2D eigenvalue weighted by molar-refractivity contribution is 0.0997. The van der Waals surface area contributed by atoms with E-state index in [4.69, 9.17) is 4.74 Å². The number of hydrogen-bond acceptors (Lipinski definition) is 5. The molecule has 16 heavy (non-hydrogen) atoms. The second kappa shape index (κ2) is 5.96. The summed E-state index contributed by atoms with van der Waals surface area (Å²) >= 11 is 1.62. The van der Waals surface area contributed by atoms with Crippen molar-refractivity contribution in [3.05, 3.63) is 18.3 Å². The Morgan fingerprint density at radius 3 is 3.00 bits per heavy atom. The first kappa shape index (κ1) is 13.1. The molecule has 1 unspecified atom stereocenters. The van der Waals surface area contributed by atoms with Gasteiger partial charge in [0.15, 0.2) is 0 Å². The van der Waals surface area contributed by atoms with Gasteiger partial charge in [0.1, 0.15) is 0 Å². The minimum Gasteiger partial charge on any atom is -0.481 e. The molecular formula is C11H18N2O2S. The summed E-state index contributed by atoms with van der Waals surface area (Å²) in [6, 6.07) is 3.65. The molecule has 1 aromatic heterocycles. The molecule has 5 heteroatoms. The minimum atomic E-state index is -0.712. The molecule has 1 heterocycles. The van der Waals surface area contributed by atoms with Gasteiger partial charge in [0.25, 0.3) is 0 Å². The molecule has 0 saturated carbocycles. The van der Waals surface area contributed by atoms with E-state index in [1.807, 2.05) is 19.2 Å². The van der Waals surface area contributed by atoms with Gasteiger partial charge in [0.05, 0.1) is 12.7 Å². The minimum absolute atomic E-state index is 0.501. The van der Waals surface area contributed by atoms with E-state index in [0.29, 0.717) is 18.2 Å². The quantitative estimate of drug-likeness (QED) is 0.794. The summed E-state index contributed by atoms with van der Waals surface area (Å²) in [4.78, 5) is 4.01. The molecule has 0 fully saturated rings. The number of thioether (sulfide) groups is 1. The summed E-state index contributed by atoms with van der Waals surface area (Å²) in [5.74, 6) is 1.26. The topological polar surface area (TPSA) is 54.4 Å². The predicted molar refractivity (Wildman–Crippen MR) is 68.3 cm³/mol. The van der Waals surface area contributed by atoms with Crippen molar-refractivity contribution in [1.29, 1.82) is 0 Å². The Bertz CT molecular complexity index is 332. The number of aromatic nitrogens is 1. The molecule has 0 aromatic carbocycles.